The van der Waals surface area contributed by atoms with Crippen LogP contribution >= 0.6 is 11.8 Å². The van der Waals surface area contributed by atoms with Gasteiger partial charge in [0.05, 0.1) is 23.6 Å². The van der Waals surface area contributed by atoms with Gasteiger partial charge >= 0.3 is 0 Å². The number of nitrogens with zero attached hydrogens (tertiary/aromatic N) is 2. The van der Waals surface area contributed by atoms with Crippen LogP contribution < -0.4 is 10.1 Å². The lowest BCUT2D eigenvalue weighted by Gasteiger charge is -2.13. The Morgan fingerprint density at radius 1 is 1.00 bits per heavy atom. The molecular formula is C29H25N3O2S. The van der Waals surface area contributed by atoms with Gasteiger partial charge in [-0.15, -0.1) is 0 Å². The molecule has 1 N–H and O–H groups in total. The van der Waals surface area contributed by atoms with Gasteiger partial charge in [-0.1, -0.05) is 71.9 Å². The van der Waals surface area contributed by atoms with Gasteiger partial charge in [-0.3, -0.25) is 4.79 Å². The molecule has 0 saturated carbocycles. The van der Waals surface area contributed by atoms with E-state index in [0.29, 0.717) is 22.9 Å². The van der Waals surface area contributed by atoms with Crippen molar-refractivity contribution in [2.75, 3.05) is 17.7 Å². The molecule has 1 amide bonds. The Balaban J connectivity index is 1.61. The van der Waals surface area contributed by atoms with Gasteiger partial charge in [-0.25, -0.2) is 4.98 Å². The number of nitriles is 1. The number of hydrogen-bond donors (Lipinski definition) is 1. The summed E-state index contributed by atoms with van der Waals surface area (Å²) >= 11 is 1.26. The maximum atomic E-state index is 12.7. The lowest BCUT2D eigenvalue weighted by molar-refractivity contribution is -0.113. The molecule has 0 fully saturated rings. The molecule has 0 atom stereocenters. The van der Waals surface area contributed by atoms with Crippen LogP contribution in [0.25, 0.3) is 22.4 Å². The number of ether oxygens (including phenoxy) is 1. The quantitative estimate of drug-likeness (QED) is 0.284. The highest BCUT2D eigenvalue weighted by Gasteiger charge is 2.17. The molecule has 35 heavy (non-hydrogen) atoms. The number of carbonyl (C=O) groups excluding carboxylic acids is 1. The summed E-state index contributed by atoms with van der Waals surface area (Å²) in [6.07, 6.45) is 0. The summed E-state index contributed by atoms with van der Waals surface area (Å²) in [6.45, 7) is 4.55. The third kappa shape index (κ3) is 6.08. The van der Waals surface area contributed by atoms with Crippen LogP contribution in [0.5, 0.6) is 5.75 Å². The van der Waals surface area contributed by atoms with E-state index >= 15 is 0 Å². The molecule has 6 heteroatoms. The Bertz CT molecular complexity index is 1350. The first-order chi connectivity index (χ1) is 17.1. The lowest BCUT2D eigenvalue weighted by atomic mass is 9.99. The van der Waals surface area contributed by atoms with E-state index in [4.69, 9.17) is 9.72 Å². The second kappa shape index (κ2) is 11.4. The van der Waals surface area contributed by atoms with E-state index in [1.54, 1.807) is 12.1 Å². The van der Waals surface area contributed by atoms with Gasteiger partial charge in [0.2, 0.25) is 5.91 Å². The van der Waals surface area contributed by atoms with E-state index in [2.05, 4.69) is 11.4 Å². The third-order valence-corrected chi connectivity index (χ3v) is 6.29. The molecule has 0 bridgehead atoms. The van der Waals surface area contributed by atoms with Crippen molar-refractivity contribution < 1.29 is 9.53 Å². The number of rotatable bonds is 8. The van der Waals surface area contributed by atoms with E-state index in [0.717, 1.165) is 33.7 Å². The first kappa shape index (κ1) is 24.1. The minimum absolute atomic E-state index is 0.125. The first-order valence-corrected chi connectivity index (χ1v) is 12.3. The minimum Gasteiger partial charge on any atom is -0.494 e. The van der Waals surface area contributed by atoms with Gasteiger partial charge in [-0.05, 0) is 49.7 Å². The van der Waals surface area contributed by atoms with E-state index in [1.807, 2.05) is 86.6 Å². The van der Waals surface area contributed by atoms with Crippen molar-refractivity contribution in [3.05, 3.63) is 96.1 Å². The van der Waals surface area contributed by atoms with Gasteiger partial charge < -0.3 is 10.1 Å². The van der Waals surface area contributed by atoms with Gasteiger partial charge in [-0.2, -0.15) is 5.26 Å². The van der Waals surface area contributed by atoms with Crippen LogP contribution in [0.15, 0.2) is 90.0 Å². The Morgan fingerprint density at radius 2 is 1.71 bits per heavy atom. The molecule has 0 aliphatic heterocycles. The number of anilines is 1. The van der Waals surface area contributed by atoms with E-state index < -0.39 is 0 Å². The zero-order valence-corrected chi connectivity index (χ0v) is 20.4. The number of amides is 1. The molecule has 1 aromatic heterocycles. The van der Waals surface area contributed by atoms with Crippen LogP contribution in [-0.4, -0.2) is 23.3 Å². The van der Waals surface area contributed by atoms with Gasteiger partial charge in [0.1, 0.15) is 16.8 Å². The second-order valence-electron chi connectivity index (χ2n) is 7.87. The average Bonchev–Trinajstić information content (AvgIpc) is 2.89. The molecule has 0 aliphatic carbocycles. The molecule has 4 aromatic rings. The maximum Gasteiger partial charge on any atom is 0.234 e. The first-order valence-electron chi connectivity index (χ1n) is 11.3. The maximum absolute atomic E-state index is 12.7. The zero-order valence-electron chi connectivity index (χ0n) is 19.6. The number of aryl methyl sites for hydroxylation is 1. The molecule has 0 spiro atoms. The van der Waals surface area contributed by atoms with E-state index in [-0.39, 0.29) is 11.7 Å². The highest BCUT2D eigenvalue weighted by Crippen LogP contribution is 2.34. The number of nitrogens with one attached hydrogen (secondary N) is 1. The SMILES string of the molecule is CCOc1ccc(NC(=O)CSc2nc(-c3ccc(C)cc3)cc(-c3ccccc3)c2C#N)cc1. The molecule has 0 unspecified atom stereocenters. The second-order valence-corrected chi connectivity index (χ2v) is 8.84. The number of pyridine rings is 1. The zero-order chi connectivity index (χ0) is 24.6. The predicted molar refractivity (Wildman–Crippen MR) is 142 cm³/mol. The van der Waals surface area contributed by atoms with Crippen molar-refractivity contribution in [1.29, 1.82) is 5.26 Å². The summed E-state index contributed by atoms with van der Waals surface area (Å²) in [7, 11) is 0. The molecule has 1 heterocycles. The van der Waals surface area contributed by atoms with Crippen molar-refractivity contribution in [2.45, 2.75) is 18.9 Å². The minimum atomic E-state index is -0.174. The lowest BCUT2D eigenvalue weighted by Crippen LogP contribution is -2.14. The number of carbonyl (C=O) groups is 1. The van der Waals surface area contributed by atoms with Crippen LogP contribution in [-0.2, 0) is 4.79 Å². The normalized spacial score (nSPS) is 10.4. The van der Waals surface area contributed by atoms with Crippen LogP contribution in [0.2, 0.25) is 0 Å². The third-order valence-electron chi connectivity index (χ3n) is 5.32. The topological polar surface area (TPSA) is 75.0 Å². The summed E-state index contributed by atoms with van der Waals surface area (Å²) in [5.74, 6) is 0.705. The monoisotopic (exact) mass is 479 g/mol. The fraction of sp³-hybridized carbons (Fsp3) is 0.138. The van der Waals surface area contributed by atoms with Crippen molar-refractivity contribution >= 4 is 23.4 Å². The molecule has 0 aliphatic rings. The molecule has 5 nitrogen and oxygen atoms in total. The Hall–Kier alpha value is -4.08. The molecule has 0 saturated heterocycles. The van der Waals surface area contributed by atoms with Crippen molar-refractivity contribution in [1.82, 2.24) is 4.98 Å². The average molecular weight is 480 g/mol. The van der Waals surface area contributed by atoms with Gasteiger partial charge in [0.25, 0.3) is 0 Å². The molecule has 3 aromatic carbocycles. The van der Waals surface area contributed by atoms with Crippen molar-refractivity contribution in [3.8, 4) is 34.2 Å². The van der Waals surface area contributed by atoms with Crippen molar-refractivity contribution in [2.24, 2.45) is 0 Å². The van der Waals surface area contributed by atoms with E-state index in [1.165, 1.54) is 11.8 Å². The number of hydrogen-bond acceptors (Lipinski definition) is 5. The summed E-state index contributed by atoms with van der Waals surface area (Å²) in [5.41, 5.74) is 5.76. The number of thioether (sulfide) groups is 1. The largest absolute Gasteiger partial charge is 0.494 e. The smallest absolute Gasteiger partial charge is 0.234 e. The van der Waals surface area contributed by atoms with Crippen molar-refractivity contribution in [3.63, 3.8) is 0 Å². The molecule has 0 radical (unpaired) electrons. The number of benzene rings is 3. The van der Waals surface area contributed by atoms with Crippen LogP contribution in [0.1, 0.15) is 18.1 Å². The Morgan fingerprint density at radius 3 is 2.37 bits per heavy atom. The summed E-state index contributed by atoms with van der Waals surface area (Å²) in [5, 5.41) is 13.4. The summed E-state index contributed by atoms with van der Waals surface area (Å²) < 4.78 is 5.44. The van der Waals surface area contributed by atoms with Crippen LogP contribution in [0.4, 0.5) is 5.69 Å². The standard InChI is InChI=1S/C29H25N3O2S/c1-3-34-24-15-13-23(14-16-24)31-28(33)19-35-29-26(18-30)25(21-7-5-4-6-8-21)17-27(32-29)22-11-9-20(2)10-12-22/h4-17H,3,19H2,1-2H3,(H,31,33). The van der Waals surface area contributed by atoms with Crippen LogP contribution in [0.3, 0.4) is 0 Å². The molecule has 174 valence electrons. The summed E-state index contributed by atoms with van der Waals surface area (Å²) in [6, 6.07) is 29.4. The predicted octanol–water partition coefficient (Wildman–Crippen LogP) is 6.73. The molecule has 4 rings (SSSR count). The highest BCUT2D eigenvalue weighted by atomic mass is 32.2. The Kier molecular flexibility index (Phi) is 7.81. The van der Waals surface area contributed by atoms with Crippen LogP contribution in [0, 0.1) is 18.3 Å². The fourth-order valence-corrected chi connectivity index (χ4v) is 4.39. The van der Waals surface area contributed by atoms with Gasteiger partial charge in [0.15, 0.2) is 0 Å². The molecular weight excluding hydrogens is 454 g/mol. The fourth-order valence-electron chi connectivity index (χ4n) is 3.58. The highest BCUT2D eigenvalue weighted by molar-refractivity contribution is 8.00. The van der Waals surface area contributed by atoms with E-state index in [9.17, 15) is 10.1 Å². The number of aromatic nitrogens is 1. The Labute approximate surface area is 209 Å². The van der Waals surface area contributed by atoms with Gasteiger partial charge in [0, 0.05) is 16.8 Å². The summed E-state index contributed by atoms with van der Waals surface area (Å²) in [4.78, 5) is 17.5.